The first-order valence-electron chi connectivity index (χ1n) is 9.97. The van der Waals surface area contributed by atoms with E-state index in [0.717, 1.165) is 12.0 Å². The molecular formula is C19H28N3O6P. The lowest BCUT2D eigenvalue weighted by Gasteiger charge is -2.42. The van der Waals surface area contributed by atoms with Crippen molar-refractivity contribution in [3.8, 4) is 0 Å². The highest BCUT2D eigenvalue weighted by molar-refractivity contribution is 7.55. The molecule has 0 radical (unpaired) electrons. The second-order valence-electron chi connectivity index (χ2n) is 7.46. The smallest absolute Gasteiger partial charge is 0.450 e. The van der Waals surface area contributed by atoms with E-state index in [4.69, 9.17) is 9.84 Å². The molecule has 29 heavy (non-hydrogen) atoms. The highest BCUT2D eigenvalue weighted by Crippen LogP contribution is 2.38. The van der Waals surface area contributed by atoms with Gasteiger partial charge in [0, 0.05) is 25.7 Å². The van der Waals surface area contributed by atoms with E-state index >= 15 is 0 Å². The molecule has 2 fully saturated rings. The first-order chi connectivity index (χ1) is 13.9. The highest BCUT2D eigenvalue weighted by atomic mass is 31.2. The lowest BCUT2D eigenvalue weighted by atomic mass is 10.1. The van der Waals surface area contributed by atoms with E-state index in [-0.39, 0.29) is 6.16 Å². The molecule has 0 aromatic heterocycles. The molecule has 2 aliphatic rings. The van der Waals surface area contributed by atoms with Crippen LogP contribution in [0, 0.1) is 0 Å². The number of carbonyl (C=O) groups excluding carboxylic acids is 1. The summed E-state index contributed by atoms with van der Waals surface area (Å²) in [6.07, 6.45) is 1.13. The Hall–Kier alpha value is -1.93. The van der Waals surface area contributed by atoms with Gasteiger partial charge in [-0.25, -0.2) is 19.9 Å². The molecule has 1 aromatic rings. The minimum absolute atomic E-state index is 0.0600. The molecule has 160 valence electrons. The van der Waals surface area contributed by atoms with Crippen molar-refractivity contribution in [3.05, 3.63) is 35.9 Å². The maximum absolute atomic E-state index is 13.1. The van der Waals surface area contributed by atoms with Gasteiger partial charge in [-0.05, 0) is 37.7 Å². The summed E-state index contributed by atoms with van der Waals surface area (Å²) in [5.41, 5.74) is 1.09. The largest absolute Gasteiger partial charge is 0.507 e. The first-order valence-corrected chi connectivity index (χ1v) is 11.8. The number of nitrogens with zero attached hydrogens (tertiary/aromatic N) is 2. The number of carbonyl (C=O) groups is 2. The zero-order valence-corrected chi connectivity index (χ0v) is 17.2. The van der Waals surface area contributed by atoms with Crippen LogP contribution in [0.15, 0.2) is 30.3 Å². The van der Waals surface area contributed by atoms with Crippen LogP contribution < -0.4 is 5.09 Å². The number of aryl methyl sites for hydroxylation is 1. The van der Waals surface area contributed by atoms with Crippen LogP contribution in [-0.2, 0) is 20.5 Å². The van der Waals surface area contributed by atoms with Crippen LogP contribution in [0.1, 0.15) is 37.7 Å². The van der Waals surface area contributed by atoms with Crippen molar-refractivity contribution in [3.63, 3.8) is 0 Å². The van der Waals surface area contributed by atoms with Crippen LogP contribution in [0.2, 0.25) is 0 Å². The van der Waals surface area contributed by atoms with E-state index < -0.39 is 31.9 Å². The minimum atomic E-state index is -3.72. The molecule has 3 rings (SSSR count). The minimum Gasteiger partial charge on any atom is -0.450 e. The predicted octanol–water partition coefficient (Wildman–Crippen LogP) is 2.42. The molecule has 1 amide bonds. The van der Waals surface area contributed by atoms with E-state index in [2.05, 4.69) is 5.09 Å². The van der Waals surface area contributed by atoms with Gasteiger partial charge in [-0.2, -0.15) is 0 Å². The summed E-state index contributed by atoms with van der Waals surface area (Å²) >= 11 is 0. The average Bonchev–Trinajstić information content (AvgIpc) is 2.82. The summed E-state index contributed by atoms with van der Waals surface area (Å²) < 4.78 is 17.6. The van der Waals surface area contributed by atoms with E-state index in [1.165, 1.54) is 5.01 Å². The number of hydrogen-bond acceptors (Lipinski definition) is 5. The Balaban J connectivity index is 1.62. The fourth-order valence-electron chi connectivity index (χ4n) is 3.92. The van der Waals surface area contributed by atoms with Gasteiger partial charge in [0.1, 0.15) is 0 Å². The Morgan fingerprint density at radius 1 is 1.21 bits per heavy atom. The van der Waals surface area contributed by atoms with Crippen molar-refractivity contribution in [2.75, 3.05) is 19.3 Å². The van der Waals surface area contributed by atoms with E-state index in [1.807, 2.05) is 30.3 Å². The molecule has 3 N–H and O–H groups in total. The van der Waals surface area contributed by atoms with Gasteiger partial charge in [-0.1, -0.05) is 30.3 Å². The van der Waals surface area contributed by atoms with Gasteiger partial charge in [0.05, 0.1) is 6.04 Å². The fourth-order valence-corrected chi connectivity index (χ4v) is 5.36. The summed E-state index contributed by atoms with van der Waals surface area (Å²) in [5, 5.41) is 14.8. The van der Waals surface area contributed by atoms with Crippen molar-refractivity contribution in [2.45, 2.75) is 50.8 Å². The quantitative estimate of drug-likeness (QED) is 0.450. The number of rotatable bonds is 7. The second-order valence-corrected chi connectivity index (χ2v) is 9.56. The predicted molar refractivity (Wildman–Crippen MR) is 106 cm³/mol. The Kier molecular flexibility index (Phi) is 7.29. The van der Waals surface area contributed by atoms with Crippen molar-refractivity contribution in [1.29, 1.82) is 0 Å². The number of benzene rings is 1. The van der Waals surface area contributed by atoms with E-state index in [9.17, 15) is 19.0 Å². The molecule has 1 unspecified atom stereocenters. The maximum atomic E-state index is 13.1. The molecule has 2 saturated heterocycles. The third-order valence-corrected chi connectivity index (χ3v) is 6.88. The topological polar surface area (TPSA) is 119 Å². The Bertz CT molecular complexity index is 762. The Labute approximate surface area is 170 Å². The third kappa shape index (κ3) is 6.02. The lowest BCUT2D eigenvalue weighted by Crippen LogP contribution is -2.59. The van der Waals surface area contributed by atoms with Gasteiger partial charge >= 0.3 is 6.16 Å². The summed E-state index contributed by atoms with van der Waals surface area (Å²) in [4.78, 5) is 34.5. The van der Waals surface area contributed by atoms with Gasteiger partial charge in [0.2, 0.25) is 0 Å². The molecule has 1 aromatic carbocycles. The number of nitrogens with one attached hydrogen (secondary N) is 1. The number of carboxylic acid groups (broad SMARTS) is 1. The van der Waals surface area contributed by atoms with Gasteiger partial charge in [-0.15, -0.1) is 0 Å². The molecular weight excluding hydrogens is 397 g/mol. The van der Waals surface area contributed by atoms with Crippen LogP contribution >= 0.6 is 7.52 Å². The van der Waals surface area contributed by atoms with Gasteiger partial charge < -0.3 is 14.7 Å². The van der Waals surface area contributed by atoms with Gasteiger partial charge in [0.15, 0.2) is 6.23 Å². The average molecular weight is 425 g/mol. The number of ether oxygens (including phenoxy) is 1. The lowest BCUT2D eigenvalue weighted by molar-refractivity contribution is -0.189. The van der Waals surface area contributed by atoms with E-state index in [0.29, 0.717) is 45.2 Å². The van der Waals surface area contributed by atoms with Crippen LogP contribution in [0.3, 0.4) is 0 Å². The Morgan fingerprint density at radius 2 is 1.90 bits per heavy atom. The van der Waals surface area contributed by atoms with Crippen LogP contribution in [-0.4, -0.2) is 63.6 Å². The fraction of sp³-hybridized carbons (Fsp3) is 0.579. The van der Waals surface area contributed by atoms with Crippen molar-refractivity contribution < 1.29 is 28.9 Å². The van der Waals surface area contributed by atoms with Crippen molar-refractivity contribution in [1.82, 2.24) is 15.1 Å². The molecule has 10 heteroatoms. The summed E-state index contributed by atoms with van der Waals surface area (Å²) in [7, 11) is -3.72. The zero-order valence-electron chi connectivity index (χ0n) is 16.3. The summed E-state index contributed by atoms with van der Waals surface area (Å²) in [5.74, 6) is -0.411. The number of hydrogen-bond donors (Lipinski definition) is 3. The van der Waals surface area contributed by atoms with Gasteiger partial charge in [-0.3, -0.25) is 9.36 Å². The summed E-state index contributed by atoms with van der Waals surface area (Å²) in [6.45, 7) is 1.21. The number of hydrazine groups is 1. The molecule has 2 heterocycles. The third-order valence-electron chi connectivity index (χ3n) is 5.24. The standard InChI is InChI=1S/C19H28N3O6P/c23-18-16(20-29(26,27)14-6-9-15-7-2-1-3-8-15)10-4-12-21-13-5-11-17(22(18)21)28-19(24)25/h1-3,7-8,16-17H,4-6,9-14H2,(H,24,25)(H2,20,26,27)/t16-,17-/m0/s1. The molecule has 0 spiro atoms. The van der Waals surface area contributed by atoms with Crippen molar-refractivity contribution >= 4 is 19.6 Å². The SMILES string of the molecule is O=C(O)O[C@H]1CCCN2CCC[C@H](NP(=O)(O)CCCc3ccccc3)C(=O)N12. The van der Waals surface area contributed by atoms with Crippen LogP contribution in [0.5, 0.6) is 0 Å². The van der Waals surface area contributed by atoms with Crippen LogP contribution in [0.25, 0.3) is 0 Å². The molecule has 0 saturated carbocycles. The maximum Gasteiger partial charge on any atom is 0.507 e. The second kappa shape index (κ2) is 9.71. The molecule has 0 aliphatic carbocycles. The number of amides is 1. The molecule has 0 bridgehead atoms. The van der Waals surface area contributed by atoms with Gasteiger partial charge in [0.25, 0.3) is 13.4 Å². The molecule has 2 aliphatic heterocycles. The number of fused-ring (bicyclic) bond motifs is 1. The zero-order chi connectivity index (χ0) is 20.9. The summed E-state index contributed by atoms with van der Waals surface area (Å²) in [6, 6.07) is 8.87. The normalized spacial score (nSPS) is 25.0. The van der Waals surface area contributed by atoms with Crippen molar-refractivity contribution in [2.24, 2.45) is 0 Å². The monoisotopic (exact) mass is 425 g/mol. The molecule has 9 nitrogen and oxygen atoms in total. The first kappa shape index (κ1) is 21.8. The molecule has 3 atom stereocenters. The van der Waals surface area contributed by atoms with Crippen LogP contribution in [0.4, 0.5) is 4.79 Å². The van der Waals surface area contributed by atoms with E-state index in [1.54, 1.807) is 5.01 Å². The highest BCUT2D eigenvalue weighted by Gasteiger charge is 2.41. The Morgan fingerprint density at radius 3 is 2.59 bits per heavy atom.